The lowest BCUT2D eigenvalue weighted by molar-refractivity contribution is -0.0682. The molecule has 62 valence electrons. The van der Waals surface area contributed by atoms with Gasteiger partial charge in [-0.05, 0) is 27.7 Å². The van der Waals surface area contributed by atoms with Crippen LogP contribution in [-0.4, -0.2) is 25.4 Å². The van der Waals surface area contributed by atoms with Crippen LogP contribution in [0.1, 0.15) is 27.7 Å². The van der Waals surface area contributed by atoms with E-state index in [-0.39, 0.29) is 5.60 Å². The molecule has 0 saturated carbocycles. The Kier molecular flexibility index (Phi) is 4.65. The normalized spacial score (nSPS) is 12.0. The first-order valence-electron chi connectivity index (χ1n) is 3.84. The molecule has 0 aromatic heterocycles. The van der Waals surface area contributed by atoms with Crippen LogP contribution in [0.5, 0.6) is 0 Å². The molecule has 0 radical (unpaired) electrons. The number of hydrogen-bond donors (Lipinski definition) is 0. The zero-order valence-electron chi connectivity index (χ0n) is 7.44. The summed E-state index contributed by atoms with van der Waals surface area (Å²) >= 11 is 0. The topological polar surface area (TPSA) is 18.5 Å². The molecule has 2 nitrogen and oxygen atoms in total. The molecule has 0 aliphatic rings. The van der Waals surface area contributed by atoms with Gasteiger partial charge in [-0.15, -0.1) is 0 Å². The first-order valence-corrected chi connectivity index (χ1v) is 3.84. The molecular formula is C8H18O2. The number of rotatable bonds is 5. The fraction of sp³-hybridized carbons (Fsp3) is 1.00. The number of ether oxygens (including phenoxy) is 2. The van der Waals surface area contributed by atoms with Gasteiger partial charge in [0.15, 0.2) is 0 Å². The molecular weight excluding hydrogens is 128 g/mol. The van der Waals surface area contributed by atoms with Gasteiger partial charge in [0.25, 0.3) is 0 Å². The highest BCUT2D eigenvalue weighted by molar-refractivity contribution is 4.66. The SMILES string of the molecule is CCOCC(C)(C)OCC. The Morgan fingerprint density at radius 1 is 1.10 bits per heavy atom. The van der Waals surface area contributed by atoms with Gasteiger partial charge in [0.05, 0.1) is 12.2 Å². The Hall–Kier alpha value is -0.0800. The monoisotopic (exact) mass is 146 g/mol. The Bertz CT molecular complexity index is 79.3. The van der Waals surface area contributed by atoms with Crippen LogP contribution in [0.15, 0.2) is 0 Å². The second-order valence-corrected chi connectivity index (χ2v) is 2.83. The minimum Gasteiger partial charge on any atom is -0.379 e. The van der Waals surface area contributed by atoms with Crippen molar-refractivity contribution in [3.05, 3.63) is 0 Å². The zero-order chi connectivity index (χ0) is 8.04. The summed E-state index contributed by atoms with van der Waals surface area (Å²) in [6.45, 7) is 10.2. The van der Waals surface area contributed by atoms with Crippen molar-refractivity contribution in [3.63, 3.8) is 0 Å². The summed E-state index contributed by atoms with van der Waals surface area (Å²) in [4.78, 5) is 0. The first-order chi connectivity index (χ1) is 4.62. The fourth-order valence-electron chi connectivity index (χ4n) is 0.780. The molecule has 0 unspecified atom stereocenters. The van der Waals surface area contributed by atoms with Crippen molar-refractivity contribution in [1.29, 1.82) is 0 Å². The molecule has 0 spiro atoms. The summed E-state index contributed by atoms with van der Waals surface area (Å²) in [6, 6.07) is 0. The van der Waals surface area contributed by atoms with Crippen molar-refractivity contribution >= 4 is 0 Å². The lowest BCUT2D eigenvalue weighted by Crippen LogP contribution is -2.30. The average molecular weight is 146 g/mol. The minimum atomic E-state index is -0.120. The summed E-state index contributed by atoms with van der Waals surface area (Å²) in [5.74, 6) is 0. The summed E-state index contributed by atoms with van der Waals surface area (Å²) in [6.07, 6.45) is 0. The van der Waals surface area contributed by atoms with Crippen LogP contribution in [0.3, 0.4) is 0 Å². The fourth-order valence-corrected chi connectivity index (χ4v) is 0.780. The lowest BCUT2D eigenvalue weighted by atomic mass is 10.1. The van der Waals surface area contributed by atoms with Gasteiger partial charge in [0.2, 0.25) is 0 Å². The molecule has 0 aromatic carbocycles. The van der Waals surface area contributed by atoms with E-state index in [4.69, 9.17) is 9.47 Å². The molecule has 0 N–H and O–H groups in total. The van der Waals surface area contributed by atoms with Crippen molar-refractivity contribution in [1.82, 2.24) is 0 Å². The van der Waals surface area contributed by atoms with Crippen molar-refractivity contribution in [2.24, 2.45) is 0 Å². The molecule has 0 aromatic rings. The van der Waals surface area contributed by atoms with Crippen molar-refractivity contribution in [3.8, 4) is 0 Å². The van der Waals surface area contributed by atoms with Gasteiger partial charge in [0.1, 0.15) is 0 Å². The van der Waals surface area contributed by atoms with Crippen LogP contribution < -0.4 is 0 Å². The van der Waals surface area contributed by atoms with Gasteiger partial charge in [-0.3, -0.25) is 0 Å². The lowest BCUT2D eigenvalue weighted by Gasteiger charge is -2.23. The van der Waals surface area contributed by atoms with Gasteiger partial charge in [-0.25, -0.2) is 0 Å². The maximum absolute atomic E-state index is 5.41. The van der Waals surface area contributed by atoms with Crippen molar-refractivity contribution < 1.29 is 9.47 Å². The second-order valence-electron chi connectivity index (χ2n) is 2.83. The van der Waals surface area contributed by atoms with E-state index in [0.717, 1.165) is 13.2 Å². The van der Waals surface area contributed by atoms with E-state index in [9.17, 15) is 0 Å². The quantitative estimate of drug-likeness (QED) is 0.589. The second kappa shape index (κ2) is 4.69. The predicted octanol–water partition coefficient (Wildman–Crippen LogP) is 1.84. The average Bonchev–Trinajstić information content (AvgIpc) is 1.84. The van der Waals surface area contributed by atoms with Crippen molar-refractivity contribution in [2.75, 3.05) is 19.8 Å². The van der Waals surface area contributed by atoms with Crippen LogP contribution in [0.25, 0.3) is 0 Å². The third kappa shape index (κ3) is 4.77. The van der Waals surface area contributed by atoms with Crippen LogP contribution in [0.4, 0.5) is 0 Å². The molecule has 0 saturated heterocycles. The Balaban J connectivity index is 3.42. The summed E-state index contributed by atoms with van der Waals surface area (Å²) in [7, 11) is 0. The van der Waals surface area contributed by atoms with Crippen molar-refractivity contribution in [2.45, 2.75) is 33.3 Å². The summed E-state index contributed by atoms with van der Waals surface area (Å²) in [5.41, 5.74) is -0.120. The molecule has 0 rings (SSSR count). The molecule has 0 atom stereocenters. The Labute approximate surface area is 63.5 Å². The van der Waals surface area contributed by atoms with E-state index >= 15 is 0 Å². The van der Waals surface area contributed by atoms with E-state index in [1.807, 2.05) is 27.7 Å². The molecule has 0 bridgehead atoms. The molecule has 0 fully saturated rings. The molecule has 0 heterocycles. The highest BCUT2D eigenvalue weighted by atomic mass is 16.5. The molecule has 10 heavy (non-hydrogen) atoms. The highest BCUT2D eigenvalue weighted by Crippen LogP contribution is 2.08. The van der Waals surface area contributed by atoms with Crippen LogP contribution in [0, 0.1) is 0 Å². The van der Waals surface area contributed by atoms with E-state index in [2.05, 4.69) is 0 Å². The van der Waals surface area contributed by atoms with E-state index < -0.39 is 0 Å². The minimum absolute atomic E-state index is 0.120. The van der Waals surface area contributed by atoms with Gasteiger partial charge in [0, 0.05) is 13.2 Å². The van der Waals surface area contributed by atoms with Crippen LogP contribution in [0.2, 0.25) is 0 Å². The maximum Gasteiger partial charge on any atom is 0.0858 e. The Morgan fingerprint density at radius 3 is 2.10 bits per heavy atom. The largest absolute Gasteiger partial charge is 0.379 e. The summed E-state index contributed by atoms with van der Waals surface area (Å²) in [5, 5.41) is 0. The van der Waals surface area contributed by atoms with Gasteiger partial charge in [-0.2, -0.15) is 0 Å². The van der Waals surface area contributed by atoms with Gasteiger partial charge >= 0.3 is 0 Å². The Morgan fingerprint density at radius 2 is 1.70 bits per heavy atom. The third-order valence-electron chi connectivity index (χ3n) is 1.19. The predicted molar refractivity (Wildman–Crippen MR) is 42.2 cm³/mol. The highest BCUT2D eigenvalue weighted by Gasteiger charge is 2.16. The van der Waals surface area contributed by atoms with E-state index in [1.165, 1.54) is 0 Å². The smallest absolute Gasteiger partial charge is 0.0858 e. The van der Waals surface area contributed by atoms with Crippen LogP contribution >= 0.6 is 0 Å². The molecule has 0 amide bonds. The molecule has 0 aliphatic carbocycles. The van der Waals surface area contributed by atoms with Crippen LogP contribution in [-0.2, 0) is 9.47 Å². The summed E-state index contributed by atoms with van der Waals surface area (Å²) < 4.78 is 10.6. The third-order valence-corrected chi connectivity index (χ3v) is 1.19. The molecule has 0 aliphatic heterocycles. The van der Waals surface area contributed by atoms with E-state index in [0.29, 0.717) is 6.61 Å². The van der Waals surface area contributed by atoms with E-state index in [1.54, 1.807) is 0 Å². The zero-order valence-corrected chi connectivity index (χ0v) is 7.44. The standard InChI is InChI=1S/C8H18O2/c1-5-9-7-8(3,4)10-6-2/h5-7H2,1-4H3. The maximum atomic E-state index is 5.41. The van der Waals surface area contributed by atoms with Gasteiger partial charge in [-0.1, -0.05) is 0 Å². The molecule has 2 heteroatoms. The van der Waals surface area contributed by atoms with Gasteiger partial charge < -0.3 is 9.47 Å². The first kappa shape index (κ1) is 9.92. The number of hydrogen-bond acceptors (Lipinski definition) is 2.